The topological polar surface area (TPSA) is 79.4 Å². The third-order valence-corrected chi connectivity index (χ3v) is 8.77. The molecule has 0 saturated carbocycles. The zero-order valence-electron chi connectivity index (χ0n) is 17.2. The fourth-order valence-electron chi connectivity index (χ4n) is 4.28. The summed E-state index contributed by atoms with van der Waals surface area (Å²) >= 11 is 1.48. The molecule has 1 fully saturated rings. The number of sulfonamides is 1. The van der Waals surface area contributed by atoms with Gasteiger partial charge in [-0.1, -0.05) is 31.2 Å². The number of anilines is 1. The maximum atomic E-state index is 12.9. The third-order valence-electron chi connectivity index (χ3n) is 5.92. The largest absolute Gasteiger partial charge is 0.298 e. The lowest BCUT2D eigenvalue weighted by Gasteiger charge is -2.30. The van der Waals surface area contributed by atoms with Gasteiger partial charge in [0.05, 0.1) is 10.6 Å². The molecule has 2 aromatic carbocycles. The molecule has 1 saturated heterocycles. The average molecular weight is 454 g/mol. The van der Waals surface area contributed by atoms with Crippen molar-refractivity contribution in [1.29, 1.82) is 0 Å². The summed E-state index contributed by atoms with van der Waals surface area (Å²) in [6, 6.07) is 14.3. The lowest BCUT2D eigenvalue weighted by atomic mass is 10.0. The molecule has 5 rings (SSSR count). The van der Waals surface area contributed by atoms with Gasteiger partial charge < -0.3 is 0 Å². The monoisotopic (exact) mass is 453 g/mol. The SMILES string of the molecule is C[C@@H]1CCCN(S(=O)(=O)c2ccc(C(=O)Nc3nc4c(s3)Cc3ccccc3-4)cc2)C1. The number of fused-ring (bicyclic) bond motifs is 3. The molecule has 2 heterocycles. The minimum Gasteiger partial charge on any atom is -0.298 e. The van der Waals surface area contributed by atoms with Gasteiger partial charge in [0, 0.05) is 35.5 Å². The molecule has 0 radical (unpaired) electrons. The molecule has 2 aliphatic rings. The minimum absolute atomic E-state index is 0.225. The number of piperidine rings is 1. The number of thiazole rings is 1. The van der Waals surface area contributed by atoms with E-state index in [-0.39, 0.29) is 10.8 Å². The fraction of sp³-hybridized carbons (Fsp3) is 0.304. The Morgan fingerprint density at radius 2 is 1.94 bits per heavy atom. The van der Waals surface area contributed by atoms with Crippen molar-refractivity contribution in [2.45, 2.75) is 31.1 Å². The second kappa shape index (κ2) is 7.85. The number of carbonyl (C=O) groups is 1. The van der Waals surface area contributed by atoms with Crippen LogP contribution in [0.3, 0.4) is 0 Å². The Morgan fingerprint density at radius 1 is 1.16 bits per heavy atom. The van der Waals surface area contributed by atoms with Crippen LogP contribution < -0.4 is 5.32 Å². The van der Waals surface area contributed by atoms with Crippen LogP contribution in [-0.4, -0.2) is 36.7 Å². The van der Waals surface area contributed by atoms with Crippen LogP contribution in [0.2, 0.25) is 0 Å². The first-order valence-electron chi connectivity index (χ1n) is 10.4. The minimum atomic E-state index is -3.53. The summed E-state index contributed by atoms with van der Waals surface area (Å²) in [5.41, 5.74) is 3.72. The molecule has 0 unspecified atom stereocenters. The van der Waals surface area contributed by atoms with Gasteiger partial charge in [0.1, 0.15) is 0 Å². The molecule has 6 nitrogen and oxygen atoms in total. The fourth-order valence-corrected chi connectivity index (χ4v) is 6.87. The van der Waals surface area contributed by atoms with E-state index < -0.39 is 10.0 Å². The molecule has 1 N–H and O–H groups in total. The zero-order chi connectivity index (χ0) is 21.6. The zero-order valence-corrected chi connectivity index (χ0v) is 18.8. The number of hydrogen-bond acceptors (Lipinski definition) is 5. The summed E-state index contributed by atoms with van der Waals surface area (Å²) in [5, 5.41) is 3.41. The van der Waals surface area contributed by atoms with E-state index in [1.54, 1.807) is 16.4 Å². The van der Waals surface area contributed by atoms with E-state index in [0.717, 1.165) is 35.4 Å². The van der Waals surface area contributed by atoms with Crippen LogP contribution >= 0.6 is 11.3 Å². The number of nitrogens with zero attached hydrogens (tertiary/aromatic N) is 2. The van der Waals surface area contributed by atoms with Crippen LogP contribution in [0.1, 0.15) is 40.6 Å². The lowest BCUT2D eigenvalue weighted by Crippen LogP contribution is -2.39. The molecule has 1 aliphatic carbocycles. The highest BCUT2D eigenvalue weighted by Gasteiger charge is 2.29. The number of hydrogen-bond donors (Lipinski definition) is 1. The molecule has 8 heteroatoms. The number of rotatable bonds is 4. The Kier molecular flexibility index (Phi) is 5.16. The Balaban J connectivity index is 1.30. The highest BCUT2D eigenvalue weighted by atomic mass is 32.2. The van der Waals surface area contributed by atoms with E-state index in [1.165, 1.54) is 29.0 Å². The van der Waals surface area contributed by atoms with Crippen molar-refractivity contribution >= 4 is 32.4 Å². The molecule has 1 amide bonds. The molecular formula is C23H23N3O3S2. The van der Waals surface area contributed by atoms with Gasteiger partial charge in [-0.05, 0) is 48.6 Å². The number of benzene rings is 2. The molecule has 3 aromatic rings. The van der Waals surface area contributed by atoms with Crippen LogP contribution in [0.4, 0.5) is 5.13 Å². The molecular weight excluding hydrogens is 430 g/mol. The summed E-state index contributed by atoms with van der Waals surface area (Å²) in [7, 11) is -3.53. The number of carbonyl (C=O) groups excluding carboxylic acids is 1. The summed E-state index contributed by atoms with van der Waals surface area (Å²) < 4.78 is 27.4. The van der Waals surface area contributed by atoms with Crippen molar-refractivity contribution in [3.8, 4) is 11.3 Å². The van der Waals surface area contributed by atoms with Crippen LogP contribution in [0.25, 0.3) is 11.3 Å². The van der Waals surface area contributed by atoms with Crippen molar-refractivity contribution in [2.24, 2.45) is 5.92 Å². The van der Waals surface area contributed by atoms with Crippen molar-refractivity contribution in [1.82, 2.24) is 9.29 Å². The van der Waals surface area contributed by atoms with Crippen molar-refractivity contribution in [2.75, 3.05) is 18.4 Å². The molecule has 160 valence electrons. The lowest BCUT2D eigenvalue weighted by molar-refractivity contribution is 0.102. The quantitative estimate of drug-likeness (QED) is 0.497. The predicted molar refractivity (Wildman–Crippen MR) is 122 cm³/mol. The van der Waals surface area contributed by atoms with Gasteiger partial charge in [-0.15, -0.1) is 11.3 Å². The molecule has 0 spiro atoms. The van der Waals surface area contributed by atoms with Gasteiger partial charge in [-0.3, -0.25) is 10.1 Å². The second-order valence-corrected chi connectivity index (χ2v) is 11.2. The first-order chi connectivity index (χ1) is 14.9. The maximum Gasteiger partial charge on any atom is 0.257 e. The summed E-state index contributed by atoms with van der Waals surface area (Å²) in [5.74, 6) is 0.0664. The van der Waals surface area contributed by atoms with Crippen LogP contribution in [0.5, 0.6) is 0 Å². The number of amides is 1. The normalized spacial score (nSPS) is 18.4. The Labute approximate surface area is 186 Å². The molecule has 31 heavy (non-hydrogen) atoms. The summed E-state index contributed by atoms with van der Waals surface area (Å²) in [6.07, 6.45) is 2.76. The molecule has 0 bridgehead atoms. The summed E-state index contributed by atoms with van der Waals surface area (Å²) in [6.45, 7) is 3.16. The number of aromatic nitrogens is 1. The molecule has 1 aliphatic heterocycles. The Hall–Kier alpha value is -2.55. The number of nitrogens with one attached hydrogen (secondary N) is 1. The van der Waals surface area contributed by atoms with E-state index in [1.807, 2.05) is 12.1 Å². The van der Waals surface area contributed by atoms with Crippen LogP contribution in [-0.2, 0) is 16.4 Å². The van der Waals surface area contributed by atoms with E-state index in [0.29, 0.717) is 29.7 Å². The van der Waals surface area contributed by atoms with Gasteiger partial charge in [0.2, 0.25) is 10.0 Å². The van der Waals surface area contributed by atoms with E-state index in [4.69, 9.17) is 0 Å². The van der Waals surface area contributed by atoms with Gasteiger partial charge in [0.15, 0.2) is 5.13 Å². The van der Waals surface area contributed by atoms with Crippen LogP contribution in [0, 0.1) is 5.92 Å². The van der Waals surface area contributed by atoms with Gasteiger partial charge in [0.25, 0.3) is 5.91 Å². The first-order valence-corrected chi connectivity index (χ1v) is 12.7. The Bertz CT molecular complexity index is 1250. The van der Waals surface area contributed by atoms with Gasteiger partial charge in [-0.25, -0.2) is 13.4 Å². The van der Waals surface area contributed by atoms with E-state index in [2.05, 4.69) is 29.4 Å². The second-order valence-electron chi connectivity index (χ2n) is 8.21. The smallest absolute Gasteiger partial charge is 0.257 e. The highest BCUT2D eigenvalue weighted by Crippen LogP contribution is 2.40. The first kappa shape index (κ1) is 20.4. The van der Waals surface area contributed by atoms with Crippen LogP contribution in [0.15, 0.2) is 53.4 Å². The van der Waals surface area contributed by atoms with Crippen molar-refractivity contribution in [3.63, 3.8) is 0 Å². The third kappa shape index (κ3) is 3.79. The predicted octanol–water partition coefficient (Wildman–Crippen LogP) is 4.39. The van der Waals surface area contributed by atoms with Gasteiger partial charge >= 0.3 is 0 Å². The molecule has 1 aromatic heterocycles. The van der Waals surface area contributed by atoms with Gasteiger partial charge in [-0.2, -0.15) is 4.31 Å². The van der Waals surface area contributed by atoms with Crippen molar-refractivity contribution < 1.29 is 13.2 Å². The Morgan fingerprint density at radius 3 is 2.71 bits per heavy atom. The van der Waals surface area contributed by atoms with Crippen molar-refractivity contribution in [3.05, 3.63) is 64.5 Å². The molecule has 1 atom stereocenters. The highest BCUT2D eigenvalue weighted by molar-refractivity contribution is 7.89. The maximum absolute atomic E-state index is 12.9. The average Bonchev–Trinajstić information content (AvgIpc) is 3.31. The standard InChI is InChI=1S/C23H23N3O3S2/c1-15-5-4-12-26(14-15)31(28,29)18-10-8-16(9-11-18)22(27)25-23-24-21-19-7-3-2-6-17(19)13-20(21)30-23/h2-3,6-11,15H,4-5,12-14H2,1H3,(H,24,25,27)/t15-/m1/s1. The summed E-state index contributed by atoms with van der Waals surface area (Å²) in [4.78, 5) is 18.7. The van der Waals surface area contributed by atoms with E-state index in [9.17, 15) is 13.2 Å². The van der Waals surface area contributed by atoms with E-state index >= 15 is 0 Å².